The molecule has 34 heavy (non-hydrogen) atoms. The summed E-state index contributed by atoms with van der Waals surface area (Å²) in [7, 11) is 0. The molecule has 1 atom stereocenters. The van der Waals surface area contributed by atoms with Crippen LogP contribution in [0.15, 0.2) is 101 Å². The number of rotatable bonds is 9. The second-order valence-electron chi connectivity index (χ2n) is 7.31. The third-order valence-electron chi connectivity index (χ3n) is 4.88. The lowest BCUT2D eigenvalue weighted by molar-refractivity contribution is -0.115. The van der Waals surface area contributed by atoms with Crippen LogP contribution in [0.4, 0.5) is 11.4 Å². The van der Waals surface area contributed by atoms with Crippen LogP contribution in [-0.4, -0.2) is 18.4 Å². The van der Waals surface area contributed by atoms with E-state index in [-0.39, 0.29) is 11.8 Å². The van der Waals surface area contributed by atoms with Crippen LogP contribution in [0.3, 0.4) is 0 Å². The average molecular weight is 489 g/mol. The summed E-state index contributed by atoms with van der Waals surface area (Å²) in [5, 5.41) is 7.34. The summed E-state index contributed by atoms with van der Waals surface area (Å²) in [5.41, 5.74) is 2.32. The molecule has 4 aromatic rings. The Kier molecular flexibility index (Phi) is 8.01. The number of thiophene rings is 1. The van der Waals surface area contributed by atoms with Crippen LogP contribution in [0.2, 0.25) is 0 Å². The Labute approximate surface area is 207 Å². The standard InChI is InChI=1S/C27H24N2O3S2/c1-2-32-22-14-10-20(11-15-22)29-27(31)25(19-7-4-3-5-8-19)34-23-16-12-21(13-17-23)28-26(30)24-9-6-18-33-24/h3-18,25H,2H2,1H3,(H,28,30)(H,29,31). The van der Waals surface area contributed by atoms with Crippen molar-refractivity contribution in [1.82, 2.24) is 0 Å². The molecule has 0 fully saturated rings. The van der Waals surface area contributed by atoms with Gasteiger partial charge in [-0.3, -0.25) is 9.59 Å². The molecular weight excluding hydrogens is 464 g/mol. The van der Waals surface area contributed by atoms with Gasteiger partial charge in [0, 0.05) is 16.3 Å². The van der Waals surface area contributed by atoms with Crippen molar-refractivity contribution in [3.8, 4) is 5.75 Å². The first kappa shape index (κ1) is 23.6. The smallest absolute Gasteiger partial charge is 0.265 e. The van der Waals surface area contributed by atoms with Crippen LogP contribution < -0.4 is 15.4 Å². The van der Waals surface area contributed by atoms with Crippen LogP contribution in [-0.2, 0) is 4.79 Å². The van der Waals surface area contributed by atoms with Crippen molar-refractivity contribution >= 4 is 46.3 Å². The van der Waals surface area contributed by atoms with E-state index in [2.05, 4.69) is 10.6 Å². The third-order valence-corrected chi connectivity index (χ3v) is 7.02. The van der Waals surface area contributed by atoms with Crippen molar-refractivity contribution in [2.45, 2.75) is 17.1 Å². The minimum Gasteiger partial charge on any atom is -0.494 e. The Morgan fingerprint density at radius 1 is 0.853 bits per heavy atom. The fraction of sp³-hybridized carbons (Fsp3) is 0.111. The maximum Gasteiger partial charge on any atom is 0.265 e. The molecule has 4 rings (SSSR count). The molecule has 0 radical (unpaired) electrons. The molecule has 2 N–H and O–H groups in total. The molecule has 0 saturated heterocycles. The van der Waals surface area contributed by atoms with Gasteiger partial charge in [-0.1, -0.05) is 36.4 Å². The molecule has 1 unspecified atom stereocenters. The fourth-order valence-corrected chi connectivity index (χ4v) is 4.91. The second-order valence-corrected chi connectivity index (χ2v) is 9.44. The number of hydrogen-bond acceptors (Lipinski definition) is 5. The molecule has 7 heteroatoms. The Morgan fingerprint density at radius 3 is 2.18 bits per heavy atom. The lowest BCUT2D eigenvalue weighted by Gasteiger charge is -2.17. The molecule has 172 valence electrons. The molecule has 0 aliphatic carbocycles. The maximum atomic E-state index is 13.3. The summed E-state index contributed by atoms with van der Waals surface area (Å²) in [4.78, 5) is 27.1. The Balaban J connectivity index is 1.47. The van der Waals surface area contributed by atoms with Crippen molar-refractivity contribution in [3.63, 3.8) is 0 Å². The van der Waals surface area contributed by atoms with E-state index in [1.54, 1.807) is 6.07 Å². The van der Waals surface area contributed by atoms with Crippen LogP contribution in [0.1, 0.15) is 27.4 Å². The summed E-state index contributed by atoms with van der Waals surface area (Å²) in [6.45, 7) is 2.52. The largest absolute Gasteiger partial charge is 0.494 e. The quantitative estimate of drug-likeness (QED) is 0.252. The minimum absolute atomic E-state index is 0.115. The van der Waals surface area contributed by atoms with Gasteiger partial charge in [0.25, 0.3) is 5.91 Å². The zero-order chi connectivity index (χ0) is 23.8. The maximum absolute atomic E-state index is 13.3. The first-order chi connectivity index (χ1) is 16.6. The molecule has 0 bridgehead atoms. The number of anilines is 2. The summed E-state index contributed by atoms with van der Waals surface area (Å²) in [6, 6.07) is 28.2. The number of carbonyl (C=O) groups is 2. The van der Waals surface area contributed by atoms with Crippen molar-refractivity contribution in [2.24, 2.45) is 0 Å². The normalized spacial score (nSPS) is 11.4. The zero-order valence-electron chi connectivity index (χ0n) is 18.6. The number of nitrogens with one attached hydrogen (secondary N) is 2. The van der Waals surface area contributed by atoms with E-state index in [1.807, 2.05) is 97.2 Å². The van der Waals surface area contributed by atoms with Gasteiger partial charge in [-0.2, -0.15) is 0 Å². The van der Waals surface area contributed by atoms with Gasteiger partial charge in [0.1, 0.15) is 11.0 Å². The molecule has 0 aliphatic rings. The zero-order valence-corrected chi connectivity index (χ0v) is 20.2. The van der Waals surface area contributed by atoms with Gasteiger partial charge in [0.2, 0.25) is 5.91 Å². The molecule has 2 amide bonds. The van der Waals surface area contributed by atoms with Gasteiger partial charge in [-0.05, 0) is 72.5 Å². The number of amides is 2. The molecule has 1 heterocycles. The molecular formula is C27H24N2O3S2. The van der Waals surface area contributed by atoms with Gasteiger partial charge in [-0.15, -0.1) is 23.1 Å². The minimum atomic E-state index is -0.445. The SMILES string of the molecule is CCOc1ccc(NC(=O)C(Sc2ccc(NC(=O)c3cccs3)cc2)c2ccccc2)cc1. The van der Waals surface area contributed by atoms with Gasteiger partial charge in [-0.25, -0.2) is 0 Å². The van der Waals surface area contributed by atoms with E-state index in [4.69, 9.17) is 4.74 Å². The average Bonchev–Trinajstić information content (AvgIpc) is 3.41. The van der Waals surface area contributed by atoms with Gasteiger partial charge < -0.3 is 15.4 Å². The molecule has 3 aromatic carbocycles. The predicted molar refractivity (Wildman–Crippen MR) is 140 cm³/mol. The molecule has 1 aromatic heterocycles. The Hall–Kier alpha value is -3.55. The Bertz CT molecular complexity index is 1210. The first-order valence-electron chi connectivity index (χ1n) is 10.8. The van der Waals surface area contributed by atoms with E-state index < -0.39 is 5.25 Å². The molecule has 0 aliphatic heterocycles. The summed E-state index contributed by atoms with van der Waals surface area (Å²) >= 11 is 2.86. The van der Waals surface area contributed by atoms with Crippen LogP contribution in [0, 0.1) is 0 Å². The molecule has 0 spiro atoms. The van der Waals surface area contributed by atoms with Crippen LogP contribution in [0.5, 0.6) is 5.75 Å². The van der Waals surface area contributed by atoms with E-state index in [1.165, 1.54) is 23.1 Å². The third kappa shape index (κ3) is 6.27. The molecule has 5 nitrogen and oxygen atoms in total. The highest BCUT2D eigenvalue weighted by atomic mass is 32.2. The number of thioether (sulfide) groups is 1. The van der Waals surface area contributed by atoms with Crippen molar-refractivity contribution < 1.29 is 14.3 Å². The van der Waals surface area contributed by atoms with Crippen LogP contribution in [0.25, 0.3) is 0 Å². The van der Waals surface area contributed by atoms with Gasteiger partial charge >= 0.3 is 0 Å². The van der Waals surface area contributed by atoms with Crippen molar-refractivity contribution in [2.75, 3.05) is 17.2 Å². The summed E-state index contributed by atoms with van der Waals surface area (Å²) < 4.78 is 5.47. The highest BCUT2D eigenvalue weighted by Crippen LogP contribution is 2.37. The number of hydrogen-bond donors (Lipinski definition) is 2. The van der Waals surface area contributed by atoms with E-state index in [9.17, 15) is 9.59 Å². The van der Waals surface area contributed by atoms with Crippen molar-refractivity contribution in [1.29, 1.82) is 0 Å². The monoisotopic (exact) mass is 488 g/mol. The number of carbonyl (C=O) groups excluding carboxylic acids is 2. The second kappa shape index (κ2) is 11.5. The van der Waals surface area contributed by atoms with Gasteiger partial charge in [0.15, 0.2) is 0 Å². The number of benzene rings is 3. The van der Waals surface area contributed by atoms with Crippen molar-refractivity contribution in [3.05, 3.63) is 107 Å². The lowest BCUT2D eigenvalue weighted by Crippen LogP contribution is -2.19. The molecule has 0 saturated carbocycles. The number of ether oxygens (including phenoxy) is 1. The Morgan fingerprint density at radius 2 is 1.53 bits per heavy atom. The first-order valence-corrected chi connectivity index (χ1v) is 12.6. The van der Waals surface area contributed by atoms with Crippen LogP contribution >= 0.6 is 23.1 Å². The summed E-state index contributed by atoms with van der Waals surface area (Å²) in [5.74, 6) is 0.517. The lowest BCUT2D eigenvalue weighted by atomic mass is 10.1. The topological polar surface area (TPSA) is 67.4 Å². The predicted octanol–water partition coefficient (Wildman–Crippen LogP) is 6.87. The van der Waals surface area contributed by atoms with Gasteiger partial charge in [0.05, 0.1) is 11.5 Å². The highest BCUT2D eigenvalue weighted by molar-refractivity contribution is 8.00. The van der Waals surface area contributed by atoms with E-state index >= 15 is 0 Å². The highest BCUT2D eigenvalue weighted by Gasteiger charge is 2.22. The summed E-state index contributed by atoms with van der Waals surface area (Å²) in [6.07, 6.45) is 0. The fourth-order valence-electron chi connectivity index (χ4n) is 3.26. The van der Waals surface area contributed by atoms with E-state index in [0.717, 1.165) is 16.2 Å². The van der Waals surface area contributed by atoms with E-state index in [0.29, 0.717) is 22.9 Å².